The summed E-state index contributed by atoms with van der Waals surface area (Å²) < 4.78 is 10.6. The van der Waals surface area contributed by atoms with E-state index in [1.807, 2.05) is 12.1 Å². The highest BCUT2D eigenvalue weighted by molar-refractivity contribution is 5.98. The summed E-state index contributed by atoms with van der Waals surface area (Å²) in [6.45, 7) is 5.84. The number of urea groups is 1. The van der Waals surface area contributed by atoms with E-state index in [1.54, 1.807) is 12.1 Å². The second-order valence-corrected chi connectivity index (χ2v) is 7.73. The van der Waals surface area contributed by atoms with Crippen molar-refractivity contribution in [2.24, 2.45) is 0 Å². The molecule has 0 aromatic heterocycles. The van der Waals surface area contributed by atoms with Gasteiger partial charge in [-0.15, -0.1) is 0 Å². The molecule has 1 aliphatic heterocycles. The molecule has 2 aliphatic rings. The highest BCUT2D eigenvalue weighted by atomic mass is 16.5. The molecule has 3 amide bonds. The lowest BCUT2D eigenvalue weighted by atomic mass is 10.1. The summed E-state index contributed by atoms with van der Waals surface area (Å²) in [6, 6.07) is 6.78. The Bertz CT molecular complexity index is 710. The van der Waals surface area contributed by atoms with E-state index in [4.69, 9.17) is 9.47 Å². The molecule has 1 saturated heterocycles. The fourth-order valence-corrected chi connectivity index (χ4v) is 3.67. The van der Waals surface area contributed by atoms with Gasteiger partial charge in [-0.05, 0) is 31.9 Å². The van der Waals surface area contributed by atoms with Gasteiger partial charge in [-0.3, -0.25) is 10.1 Å². The van der Waals surface area contributed by atoms with Crippen LogP contribution in [0.3, 0.4) is 0 Å². The Morgan fingerprint density at radius 1 is 1.14 bits per heavy atom. The van der Waals surface area contributed by atoms with E-state index < -0.39 is 24.0 Å². The number of carbonyl (C=O) groups is 3. The molecule has 1 aliphatic carbocycles. The van der Waals surface area contributed by atoms with Crippen LogP contribution in [0.15, 0.2) is 24.3 Å². The quantitative estimate of drug-likeness (QED) is 0.597. The summed E-state index contributed by atoms with van der Waals surface area (Å²) in [7, 11) is 0. The number of esters is 1. The number of carbonyl (C=O) groups excluding carboxylic acids is 3. The molecule has 0 spiro atoms. The normalized spacial score (nSPS) is 18.8. The Morgan fingerprint density at radius 3 is 2.45 bits per heavy atom. The minimum absolute atomic E-state index is 0.110. The van der Waals surface area contributed by atoms with E-state index in [1.165, 1.54) is 11.8 Å². The summed E-state index contributed by atoms with van der Waals surface area (Å²) >= 11 is 0. The van der Waals surface area contributed by atoms with Crippen LogP contribution in [0.25, 0.3) is 0 Å². The first-order chi connectivity index (χ1) is 14.0. The maximum atomic E-state index is 12.3. The predicted octanol–water partition coefficient (Wildman–Crippen LogP) is 0.415. The van der Waals surface area contributed by atoms with E-state index in [0.717, 1.165) is 64.1 Å². The number of quaternary nitrogens is 1. The third-order valence-corrected chi connectivity index (χ3v) is 5.42. The van der Waals surface area contributed by atoms with Gasteiger partial charge >= 0.3 is 12.0 Å². The molecule has 2 fully saturated rings. The summed E-state index contributed by atoms with van der Waals surface area (Å²) in [5.74, 6) is -1.23. The van der Waals surface area contributed by atoms with Gasteiger partial charge in [-0.1, -0.05) is 25.0 Å². The van der Waals surface area contributed by atoms with Crippen LogP contribution in [0.2, 0.25) is 0 Å². The lowest BCUT2D eigenvalue weighted by molar-refractivity contribution is -0.921. The Labute approximate surface area is 170 Å². The van der Waals surface area contributed by atoms with Crippen molar-refractivity contribution in [2.75, 3.05) is 26.3 Å². The van der Waals surface area contributed by atoms with E-state index in [9.17, 15) is 14.4 Å². The number of imide groups is 1. The summed E-state index contributed by atoms with van der Waals surface area (Å²) in [5.41, 5.74) is 1.51. The molecule has 1 heterocycles. The molecule has 0 unspecified atom stereocenters. The number of nitrogens with one attached hydrogen (secondary N) is 3. The minimum atomic E-state index is -1.06. The molecule has 1 saturated carbocycles. The van der Waals surface area contributed by atoms with Gasteiger partial charge in [0.15, 0.2) is 6.10 Å². The van der Waals surface area contributed by atoms with Crippen molar-refractivity contribution >= 4 is 17.9 Å². The lowest BCUT2D eigenvalue weighted by Gasteiger charge is -2.23. The van der Waals surface area contributed by atoms with E-state index in [-0.39, 0.29) is 6.04 Å². The molecule has 158 valence electrons. The van der Waals surface area contributed by atoms with Crippen molar-refractivity contribution in [1.29, 1.82) is 0 Å². The zero-order valence-corrected chi connectivity index (χ0v) is 16.9. The number of amides is 3. The number of rotatable bonds is 6. The molecule has 8 nitrogen and oxygen atoms in total. The van der Waals surface area contributed by atoms with Crippen molar-refractivity contribution in [3.8, 4) is 0 Å². The number of hydrogen-bond donors (Lipinski definition) is 3. The fraction of sp³-hybridized carbons (Fsp3) is 0.571. The van der Waals surface area contributed by atoms with E-state index in [2.05, 4.69) is 10.6 Å². The summed E-state index contributed by atoms with van der Waals surface area (Å²) in [6.07, 6.45) is 2.96. The first-order valence-corrected chi connectivity index (χ1v) is 10.3. The Hall–Kier alpha value is -2.45. The third kappa shape index (κ3) is 6.54. The largest absolute Gasteiger partial charge is 0.449 e. The van der Waals surface area contributed by atoms with E-state index in [0.29, 0.717) is 5.56 Å². The number of morpholine rings is 1. The molecule has 29 heavy (non-hydrogen) atoms. The Morgan fingerprint density at radius 2 is 1.79 bits per heavy atom. The molecule has 1 atom stereocenters. The molecule has 1 aromatic rings. The molecule has 3 N–H and O–H groups in total. The van der Waals surface area contributed by atoms with Crippen LogP contribution in [0.1, 0.15) is 48.5 Å². The molecule has 0 radical (unpaired) electrons. The predicted molar refractivity (Wildman–Crippen MR) is 105 cm³/mol. The fourth-order valence-electron chi connectivity index (χ4n) is 3.67. The number of benzene rings is 1. The second kappa shape index (κ2) is 10.4. The second-order valence-electron chi connectivity index (χ2n) is 7.73. The van der Waals surface area contributed by atoms with Gasteiger partial charge in [-0.2, -0.15) is 0 Å². The van der Waals surface area contributed by atoms with Crippen molar-refractivity contribution in [3.05, 3.63) is 35.4 Å². The lowest BCUT2D eigenvalue weighted by Crippen LogP contribution is -3.12. The first kappa shape index (κ1) is 21.3. The summed E-state index contributed by atoms with van der Waals surface area (Å²) in [5, 5.41) is 5.01. The molecule has 8 heteroatoms. The van der Waals surface area contributed by atoms with Gasteiger partial charge < -0.3 is 19.7 Å². The number of ether oxygens (including phenoxy) is 2. The van der Waals surface area contributed by atoms with Crippen LogP contribution in [-0.4, -0.2) is 56.4 Å². The van der Waals surface area contributed by atoms with Gasteiger partial charge in [0.1, 0.15) is 19.6 Å². The maximum absolute atomic E-state index is 12.3. The highest BCUT2D eigenvalue weighted by Crippen LogP contribution is 2.17. The van der Waals surface area contributed by atoms with Gasteiger partial charge in [0.25, 0.3) is 5.91 Å². The third-order valence-electron chi connectivity index (χ3n) is 5.42. The standard InChI is InChI=1S/C21H29N3O5/c1-15(19(25)23-21(27)22-18-4-2-3-5-18)29-20(26)17-8-6-16(7-9-17)14-24-10-12-28-13-11-24/h6-9,15,18H,2-5,10-14H2,1H3,(H2,22,23,25,27)/p+1/t15-/m1/s1. The van der Waals surface area contributed by atoms with Crippen LogP contribution >= 0.6 is 0 Å². The Kier molecular flexibility index (Phi) is 7.60. The van der Waals surface area contributed by atoms with Crippen LogP contribution in [-0.2, 0) is 20.8 Å². The van der Waals surface area contributed by atoms with Crippen LogP contribution in [0.4, 0.5) is 4.79 Å². The van der Waals surface area contributed by atoms with Crippen molar-refractivity contribution < 1.29 is 28.8 Å². The van der Waals surface area contributed by atoms with E-state index >= 15 is 0 Å². The zero-order chi connectivity index (χ0) is 20.6. The topological polar surface area (TPSA) is 98.2 Å². The Balaban J connectivity index is 1.44. The van der Waals surface area contributed by atoms with Gasteiger partial charge in [0, 0.05) is 11.6 Å². The average molecular weight is 404 g/mol. The van der Waals surface area contributed by atoms with Crippen LogP contribution in [0.5, 0.6) is 0 Å². The smallest absolute Gasteiger partial charge is 0.338 e. The maximum Gasteiger partial charge on any atom is 0.338 e. The van der Waals surface area contributed by atoms with Crippen molar-refractivity contribution in [3.63, 3.8) is 0 Å². The minimum Gasteiger partial charge on any atom is -0.449 e. The summed E-state index contributed by atoms with van der Waals surface area (Å²) in [4.78, 5) is 37.7. The van der Waals surface area contributed by atoms with Crippen LogP contribution < -0.4 is 15.5 Å². The average Bonchev–Trinajstić information content (AvgIpc) is 3.22. The molecule has 1 aromatic carbocycles. The monoisotopic (exact) mass is 404 g/mol. The van der Waals surface area contributed by atoms with Crippen LogP contribution in [0, 0.1) is 0 Å². The zero-order valence-electron chi connectivity index (χ0n) is 16.9. The van der Waals surface area contributed by atoms with Gasteiger partial charge in [0.05, 0.1) is 18.8 Å². The number of hydrogen-bond acceptors (Lipinski definition) is 5. The highest BCUT2D eigenvalue weighted by Gasteiger charge is 2.23. The van der Waals surface area contributed by atoms with Crippen molar-refractivity contribution in [1.82, 2.24) is 10.6 Å². The molecule has 0 bridgehead atoms. The molecular formula is C21H30N3O5+. The SMILES string of the molecule is C[C@@H](OC(=O)c1ccc(C[NH+]2CCOCC2)cc1)C(=O)NC(=O)NC1CCCC1. The first-order valence-electron chi connectivity index (χ1n) is 10.3. The van der Waals surface area contributed by atoms with Gasteiger partial charge in [0.2, 0.25) is 0 Å². The van der Waals surface area contributed by atoms with Crippen molar-refractivity contribution in [2.45, 2.75) is 51.3 Å². The van der Waals surface area contributed by atoms with Gasteiger partial charge in [-0.25, -0.2) is 9.59 Å². The molecule has 3 rings (SSSR count). The molecular weight excluding hydrogens is 374 g/mol.